The molecule has 0 heterocycles. The second-order valence-corrected chi connectivity index (χ2v) is 8.48. The third-order valence-corrected chi connectivity index (χ3v) is 4.36. The highest BCUT2D eigenvalue weighted by Crippen LogP contribution is 2.18. The first kappa shape index (κ1) is 30.2. The maximum atomic E-state index is 11.6. The third kappa shape index (κ3) is 14.0. The van der Waals surface area contributed by atoms with Crippen LogP contribution >= 0.6 is 24.4 Å². The fraction of sp³-hybridized carbons (Fsp3) is 0.370. The van der Waals surface area contributed by atoms with Crippen LogP contribution in [0.15, 0.2) is 70.1 Å². The van der Waals surface area contributed by atoms with Crippen LogP contribution < -0.4 is 0 Å². The average Bonchev–Trinajstić information content (AvgIpc) is 2.79. The van der Waals surface area contributed by atoms with Crippen LogP contribution in [-0.2, 0) is 0 Å². The number of carbonyl (C=O) groups is 1. The van der Waals surface area contributed by atoms with E-state index in [2.05, 4.69) is 102 Å². The molecule has 0 saturated heterocycles. The standard InChI is InChI=1S/C12H13NO.C10H11NS.C5H9NS/c1-4-13-11-7-5-10(6-8-11)12(14)9(2)3;1-8(2)9-3-5-10(6-4-9)11-7-12;1-5(2)3-6-4-7/h5-9H,1H2,2-3H3;3-6,8H,1-2H3;5H,3H2,1-2H3. The molecule has 2 aromatic rings. The van der Waals surface area contributed by atoms with E-state index in [-0.39, 0.29) is 11.7 Å². The van der Waals surface area contributed by atoms with Crippen molar-refractivity contribution in [3.63, 3.8) is 0 Å². The Labute approximate surface area is 209 Å². The van der Waals surface area contributed by atoms with Crippen LogP contribution in [0.2, 0.25) is 0 Å². The molecule has 0 aliphatic heterocycles. The molecule has 0 fully saturated rings. The highest BCUT2D eigenvalue weighted by atomic mass is 32.1. The summed E-state index contributed by atoms with van der Waals surface area (Å²) in [5.41, 5.74) is 3.68. The molecular weight excluding hydrogens is 446 g/mol. The molecule has 0 saturated carbocycles. The van der Waals surface area contributed by atoms with Crippen molar-refractivity contribution in [1.29, 1.82) is 0 Å². The third-order valence-electron chi connectivity index (χ3n) is 4.14. The maximum absolute atomic E-state index is 11.6. The molecule has 0 unspecified atom stereocenters. The van der Waals surface area contributed by atoms with Gasteiger partial charge in [0.1, 0.15) is 0 Å². The van der Waals surface area contributed by atoms with E-state index >= 15 is 0 Å². The van der Waals surface area contributed by atoms with Crippen LogP contribution in [0.25, 0.3) is 0 Å². The van der Waals surface area contributed by atoms with E-state index in [0.717, 1.165) is 23.5 Å². The number of rotatable bonds is 7. The second-order valence-electron chi connectivity index (χ2n) is 8.11. The van der Waals surface area contributed by atoms with Gasteiger partial charge in [-0.1, -0.05) is 53.7 Å². The summed E-state index contributed by atoms with van der Waals surface area (Å²) in [6.07, 6.45) is 0. The van der Waals surface area contributed by atoms with Gasteiger partial charge in [0.25, 0.3) is 0 Å². The summed E-state index contributed by atoms with van der Waals surface area (Å²) >= 11 is 8.86. The molecule has 6 heteroatoms. The van der Waals surface area contributed by atoms with Crippen LogP contribution in [-0.4, -0.2) is 28.5 Å². The smallest absolute Gasteiger partial charge is 0.165 e. The number of benzene rings is 2. The second kappa shape index (κ2) is 17.7. The number of hydrogen-bond acceptors (Lipinski definition) is 6. The van der Waals surface area contributed by atoms with Crippen LogP contribution in [0, 0.1) is 11.8 Å². The predicted molar refractivity (Wildman–Crippen MR) is 148 cm³/mol. The van der Waals surface area contributed by atoms with Crippen molar-refractivity contribution in [2.24, 2.45) is 26.8 Å². The first-order chi connectivity index (χ1) is 15.7. The molecule has 2 aromatic carbocycles. The number of nitrogens with zero attached hydrogens (tertiary/aromatic N) is 3. The molecule has 0 N–H and O–H groups in total. The van der Waals surface area contributed by atoms with Gasteiger partial charge in [-0.2, -0.15) is 4.99 Å². The molecule has 174 valence electrons. The summed E-state index contributed by atoms with van der Waals surface area (Å²) in [7, 11) is 0. The van der Waals surface area contributed by atoms with Gasteiger partial charge in [-0.15, -0.1) is 0 Å². The minimum atomic E-state index is 0.0313. The van der Waals surface area contributed by atoms with Crippen LogP contribution in [0.3, 0.4) is 0 Å². The summed E-state index contributed by atoms with van der Waals surface area (Å²) in [4.78, 5) is 23.0. The van der Waals surface area contributed by atoms with E-state index < -0.39 is 0 Å². The Bertz CT molecular complexity index is 991. The van der Waals surface area contributed by atoms with Gasteiger partial charge in [-0.05, 0) is 90.7 Å². The summed E-state index contributed by atoms with van der Waals surface area (Å²) in [6, 6.07) is 15.2. The Morgan fingerprint density at radius 3 is 1.73 bits per heavy atom. The monoisotopic (exact) mass is 479 g/mol. The molecular formula is C27H33N3OS2. The van der Waals surface area contributed by atoms with E-state index in [1.807, 2.05) is 26.0 Å². The van der Waals surface area contributed by atoms with Gasteiger partial charge in [-0.25, -0.2) is 9.98 Å². The predicted octanol–water partition coefficient (Wildman–Crippen LogP) is 8.30. The van der Waals surface area contributed by atoms with E-state index in [4.69, 9.17) is 0 Å². The fourth-order valence-corrected chi connectivity index (χ4v) is 2.51. The summed E-state index contributed by atoms with van der Waals surface area (Å²) < 4.78 is 0. The van der Waals surface area contributed by atoms with Crippen molar-refractivity contribution in [3.05, 3.63) is 66.2 Å². The lowest BCUT2D eigenvalue weighted by Crippen LogP contribution is -2.06. The Morgan fingerprint density at radius 2 is 1.36 bits per heavy atom. The number of aliphatic imine (C=N–C) groups is 3. The Balaban J connectivity index is 0.000000492. The largest absolute Gasteiger partial charge is 0.294 e. The van der Waals surface area contributed by atoms with Crippen LogP contribution in [0.5, 0.6) is 0 Å². The number of Topliss-reactive ketones (excluding diaryl/α,β-unsaturated/α-hetero) is 1. The van der Waals surface area contributed by atoms with Gasteiger partial charge in [0, 0.05) is 11.5 Å². The van der Waals surface area contributed by atoms with Gasteiger partial charge < -0.3 is 0 Å². The SMILES string of the molecule is C=C=Nc1ccc(C(=O)C(C)C)cc1.CC(C)CN=C=S.CC(C)c1ccc(N=C=S)cc1. The van der Waals surface area contributed by atoms with Crippen molar-refractivity contribution in [3.8, 4) is 0 Å². The van der Waals surface area contributed by atoms with Crippen molar-refractivity contribution in [1.82, 2.24) is 0 Å². The fourth-order valence-electron chi connectivity index (χ4n) is 2.33. The molecule has 33 heavy (non-hydrogen) atoms. The van der Waals surface area contributed by atoms with E-state index in [1.54, 1.807) is 24.3 Å². The van der Waals surface area contributed by atoms with Gasteiger partial charge in [0.15, 0.2) is 5.78 Å². The molecule has 0 aliphatic carbocycles. The van der Waals surface area contributed by atoms with Crippen LogP contribution in [0.1, 0.15) is 63.4 Å². The lowest BCUT2D eigenvalue weighted by molar-refractivity contribution is 0.0939. The molecule has 0 aliphatic rings. The van der Waals surface area contributed by atoms with Crippen LogP contribution in [0.4, 0.5) is 11.4 Å². The molecule has 0 aromatic heterocycles. The maximum Gasteiger partial charge on any atom is 0.165 e. The normalized spacial score (nSPS) is 9.36. The highest BCUT2D eigenvalue weighted by molar-refractivity contribution is 7.78. The molecule has 2 rings (SSSR count). The van der Waals surface area contributed by atoms with Crippen molar-refractivity contribution in [2.45, 2.75) is 47.5 Å². The molecule has 0 bridgehead atoms. The molecule has 0 radical (unpaired) electrons. The minimum Gasteiger partial charge on any atom is -0.294 e. The van der Waals surface area contributed by atoms with E-state index in [0.29, 0.717) is 11.8 Å². The van der Waals surface area contributed by atoms with Gasteiger partial charge in [-0.3, -0.25) is 4.79 Å². The number of hydrogen-bond donors (Lipinski definition) is 0. The van der Waals surface area contributed by atoms with Gasteiger partial charge in [0.2, 0.25) is 0 Å². The Hall–Kier alpha value is -2.84. The van der Waals surface area contributed by atoms with E-state index in [1.165, 1.54) is 5.56 Å². The minimum absolute atomic E-state index is 0.0313. The van der Waals surface area contributed by atoms with Crippen molar-refractivity contribution in [2.75, 3.05) is 6.54 Å². The number of ketones is 1. The lowest BCUT2D eigenvalue weighted by atomic mass is 10.0. The van der Waals surface area contributed by atoms with Gasteiger partial charge >= 0.3 is 0 Å². The van der Waals surface area contributed by atoms with E-state index in [9.17, 15) is 4.79 Å². The highest BCUT2D eigenvalue weighted by Gasteiger charge is 2.09. The summed E-state index contributed by atoms with van der Waals surface area (Å²) in [6.45, 7) is 16.5. The zero-order chi connectivity index (χ0) is 25.2. The topological polar surface area (TPSA) is 54.1 Å². The van der Waals surface area contributed by atoms with Crippen molar-refractivity contribution >= 4 is 57.8 Å². The molecule has 0 spiro atoms. The average molecular weight is 480 g/mol. The number of isothiocyanates is 2. The Morgan fingerprint density at radius 1 is 0.848 bits per heavy atom. The Kier molecular flexibility index (Phi) is 16.2. The zero-order valence-corrected chi connectivity index (χ0v) is 22.0. The molecule has 0 atom stereocenters. The lowest BCUT2D eigenvalue weighted by Gasteiger charge is -2.03. The van der Waals surface area contributed by atoms with Gasteiger partial charge in [0.05, 0.1) is 28.2 Å². The number of carbonyl (C=O) groups excluding carboxylic acids is 1. The quantitative estimate of drug-likeness (QED) is 0.228. The van der Waals surface area contributed by atoms with Crippen molar-refractivity contribution < 1.29 is 4.79 Å². The zero-order valence-electron chi connectivity index (χ0n) is 20.3. The number of thiocarbonyl (C=S) groups is 2. The molecule has 0 amide bonds. The first-order valence-corrected chi connectivity index (χ1v) is 11.6. The first-order valence-electron chi connectivity index (χ1n) is 10.7. The molecule has 4 nitrogen and oxygen atoms in total. The summed E-state index contributed by atoms with van der Waals surface area (Å²) in [5, 5.41) is 4.65. The summed E-state index contributed by atoms with van der Waals surface area (Å²) in [5.74, 6) is 3.80.